The van der Waals surface area contributed by atoms with Crippen molar-refractivity contribution in [2.45, 2.75) is 25.9 Å². The van der Waals surface area contributed by atoms with Crippen molar-refractivity contribution in [3.8, 4) is 11.5 Å². The summed E-state index contributed by atoms with van der Waals surface area (Å²) in [4.78, 5) is 27.3. The first kappa shape index (κ1) is 21.4. The maximum atomic E-state index is 12.9. The van der Waals surface area contributed by atoms with E-state index in [2.05, 4.69) is 5.32 Å². The van der Waals surface area contributed by atoms with Gasteiger partial charge >= 0.3 is 0 Å². The van der Waals surface area contributed by atoms with Gasteiger partial charge < -0.3 is 19.7 Å². The van der Waals surface area contributed by atoms with E-state index >= 15 is 0 Å². The lowest BCUT2D eigenvalue weighted by atomic mass is 10.0. The van der Waals surface area contributed by atoms with E-state index in [-0.39, 0.29) is 17.9 Å². The van der Waals surface area contributed by atoms with Gasteiger partial charge in [0.25, 0.3) is 5.91 Å². The number of nitrogens with zero attached hydrogens (tertiary/aromatic N) is 1. The van der Waals surface area contributed by atoms with Gasteiger partial charge in [-0.1, -0.05) is 36.4 Å². The smallest absolute Gasteiger partial charge is 0.251 e. The van der Waals surface area contributed by atoms with Crippen LogP contribution in [0.15, 0.2) is 66.7 Å². The number of fused-ring (bicyclic) bond motifs is 1. The molecule has 0 saturated heterocycles. The summed E-state index contributed by atoms with van der Waals surface area (Å²) < 4.78 is 10.6. The first-order chi connectivity index (χ1) is 15.5. The minimum absolute atomic E-state index is 0.0418. The van der Waals surface area contributed by atoms with Gasteiger partial charge in [-0.25, -0.2) is 0 Å². The number of amides is 2. The third kappa shape index (κ3) is 4.30. The Bertz CT molecular complexity index is 1140. The predicted octanol–water partition coefficient (Wildman–Crippen LogP) is 4.28. The Hall–Kier alpha value is -3.80. The monoisotopic (exact) mass is 430 g/mol. The SMILES string of the molecule is COc1ccc([C@@H](C)NC(=O)c2ccc3c(c2)CC(=O)N3Cc2ccccc2)cc1OC. The molecular weight excluding hydrogens is 404 g/mol. The molecule has 4 rings (SSSR count). The molecule has 0 radical (unpaired) electrons. The second-order valence-electron chi connectivity index (χ2n) is 7.80. The van der Waals surface area contributed by atoms with Crippen LogP contribution in [0.25, 0.3) is 0 Å². The molecule has 164 valence electrons. The number of hydrogen-bond acceptors (Lipinski definition) is 4. The van der Waals surface area contributed by atoms with E-state index in [4.69, 9.17) is 9.47 Å². The second kappa shape index (κ2) is 9.14. The number of carbonyl (C=O) groups is 2. The number of hydrogen-bond donors (Lipinski definition) is 1. The molecule has 1 N–H and O–H groups in total. The summed E-state index contributed by atoms with van der Waals surface area (Å²) in [6, 6.07) is 20.7. The van der Waals surface area contributed by atoms with Gasteiger partial charge in [0, 0.05) is 11.3 Å². The Balaban J connectivity index is 1.49. The van der Waals surface area contributed by atoms with E-state index in [0.29, 0.717) is 30.0 Å². The first-order valence-corrected chi connectivity index (χ1v) is 10.5. The molecule has 6 heteroatoms. The molecule has 0 aliphatic carbocycles. The lowest BCUT2D eigenvalue weighted by Gasteiger charge is -2.19. The first-order valence-electron chi connectivity index (χ1n) is 10.5. The van der Waals surface area contributed by atoms with Crippen LogP contribution >= 0.6 is 0 Å². The highest BCUT2D eigenvalue weighted by atomic mass is 16.5. The standard InChI is InChI=1S/C26H26N2O4/c1-17(19-10-12-23(31-2)24(14-19)32-3)27-26(30)20-9-11-22-21(13-20)15-25(29)28(22)16-18-7-5-4-6-8-18/h4-14,17H,15-16H2,1-3H3,(H,27,30)/t17-/m1/s1. The number of carbonyl (C=O) groups excluding carboxylic acids is 2. The van der Waals surface area contributed by atoms with E-state index in [1.807, 2.05) is 67.6 Å². The summed E-state index contributed by atoms with van der Waals surface area (Å²) in [5.41, 5.74) is 4.24. The molecule has 1 atom stereocenters. The van der Waals surface area contributed by atoms with Gasteiger partial charge in [0.15, 0.2) is 11.5 Å². The molecule has 6 nitrogen and oxygen atoms in total. The van der Waals surface area contributed by atoms with Gasteiger partial charge in [-0.2, -0.15) is 0 Å². The summed E-state index contributed by atoms with van der Waals surface area (Å²) in [7, 11) is 3.17. The maximum absolute atomic E-state index is 12.9. The molecule has 0 fully saturated rings. The van der Waals surface area contributed by atoms with Crippen LogP contribution in [0.4, 0.5) is 5.69 Å². The summed E-state index contributed by atoms with van der Waals surface area (Å²) in [6.45, 7) is 2.44. The van der Waals surface area contributed by atoms with Crippen LogP contribution in [0.1, 0.15) is 40.0 Å². The zero-order valence-corrected chi connectivity index (χ0v) is 18.4. The van der Waals surface area contributed by atoms with Gasteiger partial charge in [0.2, 0.25) is 5.91 Å². The van der Waals surface area contributed by atoms with Crippen LogP contribution in [0, 0.1) is 0 Å². The molecule has 1 aliphatic heterocycles. The van der Waals surface area contributed by atoms with Gasteiger partial charge in [0.05, 0.1) is 33.2 Å². The number of methoxy groups -OCH3 is 2. The topological polar surface area (TPSA) is 67.9 Å². The molecule has 1 heterocycles. The minimum Gasteiger partial charge on any atom is -0.493 e. The van der Waals surface area contributed by atoms with Crippen LogP contribution in [0.2, 0.25) is 0 Å². The minimum atomic E-state index is -0.230. The highest BCUT2D eigenvalue weighted by Crippen LogP contribution is 2.32. The van der Waals surface area contributed by atoms with Crippen LogP contribution in [-0.4, -0.2) is 26.0 Å². The fourth-order valence-electron chi connectivity index (χ4n) is 3.95. The molecule has 0 bridgehead atoms. The predicted molar refractivity (Wildman–Crippen MR) is 123 cm³/mol. The van der Waals surface area contributed by atoms with E-state index in [1.165, 1.54) is 0 Å². The van der Waals surface area contributed by atoms with Gasteiger partial charge in [-0.3, -0.25) is 9.59 Å². The summed E-state index contributed by atoms with van der Waals surface area (Å²) in [6.07, 6.45) is 0.300. The summed E-state index contributed by atoms with van der Waals surface area (Å²) in [5.74, 6) is 1.10. The molecular formula is C26H26N2O4. The van der Waals surface area contributed by atoms with Crippen molar-refractivity contribution in [3.05, 3.63) is 89.0 Å². The normalized spacial score (nSPS) is 13.5. The summed E-state index contributed by atoms with van der Waals surface area (Å²) >= 11 is 0. The molecule has 0 aromatic heterocycles. The van der Waals surface area contributed by atoms with Crippen molar-refractivity contribution in [3.63, 3.8) is 0 Å². The summed E-state index contributed by atoms with van der Waals surface area (Å²) in [5, 5.41) is 3.02. The van der Waals surface area contributed by atoms with Crippen LogP contribution in [0.5, 0.6) is 11.5 Å². The molecule has 0 saturated carbocycles. The average molecular weight is 431 g/mol. The molecule has 2 amide bonds. The van der Waals surface area contributed by atoms with Crippen LogP contribution < -0.4 is 19.7 Å². The third-order valence-electron chi connectivity index (χ3n) is 5.71. The second-order valence-corrected chi connectivity index (χ2v) is 7.80. The van der Waals surface area contributed by atoms with Gasteiger partial charge in [-0.15, -0.1) is 0 Å². The van der Waals surface area contributed by atoms with E-state index in [9.17, 15) is 9.59 Å². The van der Waals surface area contributed by atoms with Crippen molar-refractivity contribution in [2.24, 2.45) is 0 Å². The molecule has 1 aliphatic rings. The Labute approximate surface area is 187 Å². The zero-order chi connectivity index (χ0) is 22.7. The Morgan fingerprint density at radius 2 is 1.75 bits per heavy atom. The van der Waals surface area contributed by atoms with Gasteiger partial charge in [-0.05, 0) is 53.9 Å². The third-order valence-corrected chi connectivity index (χ3v) is 5.71. The average Bonchev–Trinajstić information content (AvgIpc) is 3.13. The fraction of sp³-hybridized carbons (Fsp3) is 0.231. The Morgan fingerprint density at radius 3 is 2.47 bits per heavy atom. The molecule has 3 aromatic rings. The Kier molecular flexibility index (Phi) is 6.12. The number of benzene rings is 3. The van der Waals surface area contributed by atoms with E-state index in [0.717, 1.165) is 22.4 Å². The number of ether oxygens (including phenoxy) is 2. The fourth-order valence-corrected chi connectivity index (χ4v) is 3.95. The van der Waals surface area contributed by atoms with E-state index in [1.54, 1.807) is 25.2 Å². The van der Waals surface area contributed by atoms with Crippen molar-refractivity contribution in [1.29, 1.82) is 0 Å². The molecule has 0 unspecified atom stereocenters. The van der Waals surface area contributed by atoms with Gasteiger partial charge in [0.1, 0.15) is 0 Å². The molecule has 3 aromatic carbocycles. The lowest BCUT2D eigenvalue weighted by molar-refractivity contribution is -0.117. The van der Waals surface area contributed by atoms with Crippen molar-refractivity contribution >= 4 is 17.5 Å². The van der Waals surface area contributed by atoms with Crippen molar-refractivity contribution in [2.75, 3.05) is 19.1 Å². The highest BCUT2D eigenvalue weighted by Gasteiger charge is 2.28. The number of rotatable bonds is 7. The number of anilines is 1. The van der Waals surface area contributed by atoms with Crippen molar-refractivity contribution in [1.82, 2.24) is 5.32 Å². The van der Waals surface area contributed by atoms with E-state index < -0.39 is 0 Å². The number of nitrogens with one attached hydrogen (secondary N) is 1. The quantitative estimate of drug-likeness (QED) is 0.607. The molecule has 0 spiro atoms. The molecule has 32 heavy (non-hydrogen) atoms. The lowest BCUT2D eigenvalue weighted by Crippen LogP contribution is -2.27. The van der Waals surface area contributed by atoms with Crippen molar-refractivity contribution < 1.29 is 19.1 Å². The highest BCUT2D eigenvalue weighted by molar-refractivity contribution is 6.03. The largest absolute Gasteiger partial charge is 0.493 e. The zero-order valence-electron chi connectivity index (χ0n) is 18.4. The Morgan fingerprint density at radius 1 is 1.00 bits per heavy atom. The van der Waals surface area contributed by atoms with Crippen LogP contribution in [0.3, 0.4) is 0 Å². The van der Waals surface area contributed by atoms with Crippen LogP contribution in [-0.2, 0) is 17.8 Å². The maximum Gasteiger partial charge on any atom is 0.251 e.